The van der Waals surface area contributed by atoms with E-state index in [0.29, 0.717) is 6.54 Å². The lowest BCUT2D eigenvalue weighted by molar-refractivity contribution is 0.351. The predicted octanol–water partition coefficient (Wildman–Crippen LogP) is 3.26. The summed E-state index contributed by atoms with van der Waals surface area (Å²) in [5, 5.41) is 6.71. The van der Waals surface area contributed by atoms with Gasteiger partial charge in [0.1, 0.15) is 0 Å². The monoisotopic (exact) mass is 331 g/mol. The van der Waals surface area contributed by atoms with Crippen LogP contribution < -0.4 is 20.1 Å². The molecule has 132 valence electrons. The molecule has 0 unspecified atom stereocenters. The molecule has 5 heteroatoms. The van der Waals surface area contributed by atoms with Gasteiger partial charge in [0.05, 0.1) is 14.2 Å². The highest BCUT2D eigenvalue weighted by atomic mass is 16.5. The molecule has 2 rings (SSSR count). The Hall–Kier alpha value is -2.17. The molecule has 1 aromatic carbocycles. The van der Waals surface area contributed by atoms with Crippen molar-refractivity contribution in [2.75, 3.05) is 27.8 Å². The fourth-order valence-corrected chi connectivity index (χ4v) is 2.97. The molecule has 0 radical (unpaired) electrons. The van der Waals surface area contributed by atoms with Gasteiger partial charge < -0.3 is 20.1 Å². The summed E-state index contributed by atoms with van der Waals surface area (Å²) in [6, 6.07) is 5.88. The summed E-state index contributed by atoms with van der Waals surface area (Å²) in [6.07, 6.45) is 8.62. The number of nitrogens with one attached hydrogen (secondary N) is 2. The van der Waals surface area contributed by atoms with Crippen LogP contribution in [-0.2, 0) is 6.54 Å². The van der Waals surface area contributed by atoms with E-state index in [1.165, 1.54) is 25.7 Å². The van der Waals surface area contributed by atoms with Gasteiger partial charge in [0.2, 0.25) is 0 Å². The Balaban J connectivity index is 1.84. The minimum atomic E-state index is 0.628. The molecule has 5 nitrogen and oxygen atoms in total. The van der Waals surface area contributed by atoms with Crippen molar-refractivity contribution >= 4 is 5.96 Å². The first-order valence-corrected chi connectivity index (χ1v) is 8.60. The third kappa shape index (κ3) is 5.18. The fourth-order valence-electron chi connectivity index (χ4n) is 2.97. The van der Waals surface area contributed by atoms with Crippen LogP contribution in [0, 0.1) is 0 Å². The largest absolute Gasteiger partial charge is 0.493 e. The second-order valence-corrected chi connectivity index (χ2v) is 5.86. The number of allylic oxidation sites excluding steroid dienone is 1. The van der Waals surface area contributed by atoms with Crippen molar-refractivity contribution in [1.29, 1.82) is 0 Å². The van der Waals surface area contributed by atoms with E-state index in [-0.39, 0.29) is 0 Å². The zero-order chi connectivity index (χ0) is 17.2. The number of methoxy groups -OCH3 is 2. The molecule has 0 amide bonds. The number of nitrogens with zero attached hydrogens (tertiary/aromatic N) is 1. The molecule has 0 atom stereocenters. The van der Waals surface area contributed by atoms with Gasteiger partial charge in [0.25, 0.3) is 0 Å². The van der Waals surface area contributed by atoms with E-state index < -0.39 is 0 Å². The molecule has 0 bridgehead atoms. The number of hydrogen-bond acceptors (Lipinski definition) is 3. The van der Waals surface area contributed by atoms with Crippen LogP contribution in [0.1, 0.15) is 37.7 Å². The Morgan fingerprint density at radius 3 is 2.71 bits per heavy atom. The Kier molecular flexibility index (Phi) is 7.46. The quantitative estimate of drug-likeness (QED) is 0.457. The average Bonchev–Trinajstić information content (AvgIpc) is 2.64. The number of aliphatic imine (C=N–C) groups is 1. The summed E-state index contributed by atoms with van der Waals surface area (Å²) in [5.41, 5.74) is 2.61. The zero-order valence-corrected chi connectivity index (χ0v) is 15.0. The average molecular weight is 331 g/mol. The summed E-state index contributed by atoms with van der Waals surface area (Å²) in [4.78, 5) is 4.29. The van der Waals surface area contributed by atoms with Gasteiger partial charge in [0.15, 0.2) is 17.5 Å². The number of rotatable bonds is 7. The number of guanidine groups is 1. The number of hydrogen-bond donors (Lipinski definition) is 2. The van der Waals surface area contributed by atoms with E-state index in [1.54, 1.807) is 26.8 Å². The summed E-state index contributed by atoms with van der Waals surface area (Å²) >= 11 is 0. The summed E-state index contributed by atoms with van der Waals surface area (Å²) in [5.74, 6) is 2.30. The third-order valence-corrected chi connectivity index (χ3v) is 4.28. The maximum absolute atomic E-state index is 5.46. The van der Waals surface area contributed by atoms with Gasteiger partial charge in [0, 0.05) is 25.7 Å². The van der Waals surface area contributed by atoms with Crippen molar-refractivity contribution in [2.24, 2.45) is 4.99 Å². The number of ether oxygens (including phenoxy) is 2. The minimum absolute atomic E-state index is 0.628. The number of para-hydroxylation sites is 1. The minimum Gasteiger partial charge on any atom is -0.493 e. The van der Waals surface area contributed by atoms with Crippen LogP contribution in [0.15, 0.2) is 34.8 Å². The molecule has 0 spiro atoms. The third-order valence-electron chi connectivity index (χ3n) is 4.28. The molecule has 24 heavy (non-hydrogen) atoms. The molecule has 1 aliphatic carbocycles. The van der Waals surface area contributed by atoms with Gasteiger partial charge in [-0.3, -0.25) is 4.99 Å². The van der Waals surface area contributed by atoms with Crippen LogP contribution in [0.4, 0.5) is 0 Å². The predicted molar refractivity (Wildman–Crippen MR) is 98.9 cm³/mol. The van der Waals surface area contributed by atoms with Crippen LogP contribution >= 0.6 is 0 Å². The van der Waals surface area contributed by atoms with E-state index in [1.807, 2.05) is 18.2 Å². The van der Waals surface area contributed by atoms with Gasteiger partial charge in [-0.05, 0) is 38.2 Å². The molecule has 0 saturated heterocycles. The highest BCUT2D eigenvalue weighted by Crippen LogP contribution is 2.30. The van der Waals surface area contributed by atoms with Gasteiger partial charge in [-0.15, -0.1) is 0 Å². The smallest absolute Gasteiger partial charge is 0.191 e. The van der Waals surface area contributed by atoms with Crippen molar-refractivity contribution in [3.63, 3.8) is 0 Å². The van der Waals surface area contributed by atoms with Crippen LogP contribution in [0.3, 0.4) is 0 Å². The Bertz CT molecular complexity index is 582. The first-order chi connectivity index (χ1) is 11.8. The zero-order valence-electron chi connectivity index (χ0n) is 15.0. The normalized spacial score (nSPS) is 14.8. The second kappa shape index (κ2) is 9.85. The lowest BCUT2D eigenvalue weighted by Crippen LogP contribution is -2.37. The van der Waals surface area contributed by atoms with Crippen LogP contribution in [0.2, 0.25) is 0 Å². The van der Waals surface area contributed by atoms with Gasteiger partial charge in [-0.25, -0.2) is 0 Å². The molecule has 0 aromatic heterocycles. The van der Waals surface area contributed by atoms with Crippen molar-refractivity contribution in [1.82, 2.24) is 10.6 Å². The molecule has 0 heterocycles. The van der Waals surface area contributed by atoms with Gasteiger partial charge in [-0.2, -0.15) is 0 Å². The molecule has 0 aliphatic heterocycles. The van der Waals surface area contributed by atoms with Crippen molar-refractivity contribution in [3.05, 3.63) is 35.4 Å². The van der Waals surface area contributed by atoms with Crippen molar-refractivity contribution < 1.29 is 9.47 Å². The Morgan fingerprint density at radius 2 is 2.04 bits per heavy atom. The summed E-state index contributed by atoms with van der Waals surface area (Å²) < 4.78 is 10.8. The van der Waals surface area contributed by atoms with E-state index >= 15 is 0 Å². The molecule has 0 saturated carbocycles. The van der Waals surface area contributed by atoms with Crippen molar-refractivity contribution in [3.8, 4) is 11.5 Å². The van der Waals surface area contributed by atoms with E-state index in [2.05, 4.69) is 21.7 Å². The summed E-state index contributed by atoms with van der Waals surface area (Å²) in [7, 11) is 5.10. The van der Waals surface area contributed by atoms with Crippen LogP contribution in [0.25, 0.3) is 0 Å². The topological polar surface area (TPSA) is 54.9 Å². The Morgan fingerprint density at radius 1 is 1.17 bits per heavy atom. The SMILES string of the molecule is CN=C(NCCC1=CCCCC1)NCc1cccc(OC)c1OC. The highest BCUT2D eigenvalue weighted by Gasteiger charge is 2.10. The highest BCUT2D eigenvalue weighted by molar-refractivity contribution is 5.79. The van der Waals surface area contributed by atoms with E-state index in [4.69, 9.17) is 9.47 Å². The molecule has 1 aromatic rings. The first-order valence-electron chi connectivity index (χ1n) is 8.60. The van der Waals surface area contributed by atoms with Gasteiger partial charge >= 0.3 is 0 Å². The maximum Gasteiger partial charge on any atom is 0.191 e. The van der Waals surface area contributed by atoms with Crippen molar-refractivity contribution in [2.45, 2.75) is 38.6 Å². The second-order valence-electron chi connectivity index (χ2n) is 5.86. The molecule has 1 aliphatic rings. The molecular formula is C19H29N3O2. The lowest BCUT2D eigenvalue weighted by atomic mass is 9.97. The molecular weight excluding hydrogens is 302 g/mol. The summed E-state index contributed by atoms with van der Waals surface area (Å²) in [6.45, 7) is 1.53. The standard InChI is InChI=1S/C19H29N3O2/c1-20-19(21-13-12-15-8-5-4-6-9-15)22-14-16-10-7-11-17(23-2)18(16)24-3/h7-8,10-11H,4-6,9,12-14H2,1-3H3,(H2,20,21,22). The Labute approximate surface area is 145 Å². The van der Waals surface area contributed by atoms with Gasteiger partial charge in [-0.1, -0.05) is 23.8 Å². The fraction of sp³-hybridized carbons (Fsp3) is 0.526. The molecule has 2 N–H and O–H groups in total. The van der Waals surface area contributed by atoms with E-state index in [0.717, 1.165) is 36.0 Å². The van der Waals surface area contributed by atoms with Crippen LogP contribution in [0.5, 0.6) is 11.5 Å². The maximum atomic E-state index is 5.46. The lowest BCUT2D eigenvalue weighted by Gasteiger charge is -2.16. The molecule has 0 fully saturated rings. The van der Waals surface area contributed by atoms with E-state index in [9.17, 15) is 0 Å². The van der Waals surface area contributed by atoms with Crippen LogP contribution in [-0.4, -0.2) is 33.8 Å². The first kappa shape index (κ1) is 18.2. The number of benzene rings is 1.